The van der Waals surface area contributed by atoms with E-state index >= 15 is 0 Å². The van der Waals surface area contributed by atoms with Crippen molar-refractivity contribution in [2.45, 2.75) is 43.2 Å². The molecule has 150 valence electrons. The summed E-state index contributed by atoms with van der Waals surface area (Å²) in [6, 6.07) is 8.16. The lowest BCUT2D eigenvalue weighted by Crippen LogP contribution is -2.38. The minimum Gasteiger partial charge on any atom is -0.484 e. The van der Waals surface area contributed by atoms with E-state index in [4.69, 9.17) is 16.3 Å². The van der Waals surface area contributed by atoms with E-state index in [9.17, 15) is 12.8 Å². The summed E-state index contributed by atoms with van der Waals surface area (Å²) < 4.78 is 44.6. The first kappa shape index (κ1) is 19.7. The van der Waals surface area contributed by atoms with Crippen LogP contribution in [0.2, 0.25) is 5.02 Å². The van der Waals surface area contributed by atoms with Gasteiger partial charge < -0.3 is 4.74 Å². The van der Waals surface area contributed by atoms with Gasteiger partial charge in [0.15, 0.2) is 9.84 Å². The predicted octanol–water partition coefficient (Wildman–Crippen LogP) is 4.33. The summed E-state index contributed by atoms with van der Waals surface area (Å²) in [7, 11) is -3.29. The van der Waals surface area contributed by atoms with Crippen molar-refractivity contribution in [3.63, 3.8) is 0 Å². The number of hydrogen-bond acceptors (Lipinski definition) is 4. The lowest BCUT2D eigenvalue weighted by molar-refractivity contribution is 0.0940. The number of likely N-dealkylation sites (tertiary alicyclic amines) is 1. The van der Waals surface area contributed by atoms with Crippen molar-refractivity contribution >= 4 is 21.4 Å². The number of fused-ring (bicyclic) bond motifs is 1. The largest absolute Gasteiger partial charge is 0.484 e. The van der Waals surface area contributed by atoms with Gasteiger partial charge in [-0.1, -0.05) is 11.6 Å². The first-order chi connectivity index (χ1) is 13.2. The Morgan fingerprint density at radius 1 is 1.18 bits per heavy atom. The number of sulfone groups is 1. The molecule has 0 bridgehead atoms. The van der Waals surface area contributed by atoms with Crippen molar-refractivity contribution in [1.29, 1.82) is 0 Å². The van der Waals surface area contributed by atoms with Crippen LogP contribution >= 0.6 is 11.6 Å². The van der Waals surface area contributed by atoms with Crippen molar-refractivity contribution in [3.05, 3.63) is 57.9 Å². The number of benzene rings is 2. The molecule has 2 unspecified atom stereocenters. The number of halogens is 2. The maximum absolute atomic E-state index is 14.5. The number of hydrogen-bond donors (Lipinski definition) is 0. The standard InChI is InChI=1S/C21H23ClFNO3S/c1-13-9-15(5-6-20(13)28(2,25)26)27-21-17-10-14(22)11-18(23)16(17)12-19(21)24-7-3-4-8-24/h5-6,9-11,19,21H,3-4,7-8,12H2,1-2H3. The van der Waals surface area contributed by atoms with Gasteiger partial charge in [-0.3, -0.25) is 4.90 Å². The van der Waals surface area contributed by atoms with Crippen molar-refractivity contribution < 1.29 is 17.5 Å². The van der Waals surface area contributed by atoms with Crippen LogP contribution < -0.4 is 4.74 Å². The quantitative estimate of drug-likeness (QED) is 0.734. The number of aryl methyl sites for hydroxylation is 1. The molecule has 2 atom stereocenters. The van der Waals surface area contributed by atoms with Gasteiger partial charge in [0.05, 0.1) is 10.9 Å². The Bertz CT molecular complexity index is 1020. The van der Waals surface area contributed by atoms with Crippen LogP contribution in [-0.2, 0) is 16.3 Å². The van der Waals surface area contributed by atoms with Gasteiger partial charge in [-0.05, 0) is 80.7 Å². The Morgan fingerprint density at radius 3 is 2.54 bits per heavy atom. The van der Waals surface area contributed by atoms with E-state index in [1.54, 1.807) is 31.2 Å². The molecule has 0 amide bonds. The number of nitrogens with zero attached hydrogens (tertiary/aromatic N) is 1. The molecule has 0 aromatic heterocycles. The molecule has 1 heterocycles. The Labute approximate surface area is 170 Å². The van der Waals surface area contributed by atoms with Crippen LogP contribution in [0.4, 0.5) is 4.39 Å². The molecule has 2 aliphatic rings. The van der Waals surface area contributed by atoms with Crippen LogP contribution in [-0.4, -0.2) is 38.7 Å². The SMILES string of the molecule is Cc1cc(OC2c3cc(Cl)cc(F)c3CC2N2CCCC2)ccc1S(C)(=O)=O. The molecule has 1 aliphatic heterocycles. The predicted molar refractivity (Wildman–Crippen MR) is 107 cm³/mol. The van der Waals surface area contributed by atoms with Gasteiger partial charge in [0.1, 0.15) is 17.7 Å². The Balaban J connectivity index is 1.70. The number of ether oxygens (including phenoxy) is 1. The third kappa shape index (κ3) is 3.65. The second-order valence-electron chi connectivity index (χ2n) is 7.71. The minimum absolute atomic E-state index is 0.0420. The highest BCUT2D eigenvalue weighted by molar-refractivity contribution is 7.90. The highest BCUT2D eigenvalue weighted by Crippen LogP contribution is 2.41. The fraction of sp³-hybridized carbons (Fsp3) is 0.429. The monoisotopic (exact) mass is 423 g/mol. The first-order valence-corrected chi connectivity index (χ1v) is 11.7. The Morgan fingerprint density at radius 2 is 1.89 bits per heavy atom. The normalized spacial score (nSPS) is 22.4. The molecule has 0 radical (unpaired) electrons. The van der Waals surface area contributed by atoms with Gasteiger partial charge in [0, 0.05) is 16.8 Å². The maximum Gasteiger partial charge on any atom is 0.175 e. The molecule has 0 spiro atoms. The lowest BCUT2D eigenvalue weighted by atomic mass is 10.1. The average molecular weight is 424 g/mol. The van der Waals surface area contributed by atoms with Gasteiger partial charge in [-0.15, -0.1) is 0 Å². The molecule has 1 fully saturated rings. The van der Waals surface area contributed by atoms with Crippen LogP contribution in [0.15, 0.2) is 35.2 Å². The molecule has 28 heavy (non-hydrogen) atoms. The fourth-order valence-electron chi connectivity index (χ4n) is 4.41. The van der Waals surface area contributed by atoms with Crippen molar-refractivity contribution in [1.82, 2.24) is 4.90 Å². The highest BCUT2D eigenvalue weighted by Gasteiger charge is 2.40. The summed E-state index contributed by atoms with van der Waals surface area (Å²) in [6.07, 6.45) is 3.70. The molecule has 4 rings (SSSR count). The topological polar surface area (TPSA) is 46.6 Å². The highest BCUT2D eigenvalue weighted by atomic mass is 35.5. The average Bonchev–Trinajstić information content (AvgIpc) is 3.22. The van der Waals surface area contributed by atoms with Crippen LogP contribution in [0.5, 0.6) is 5.75 Å². The van der Waals surface area contributed by atoms with Gasteiger partial charge in [0.2, 0.25) is 0 Å². The van der Waals surface area contributed by atoms with Crippen LogP contribution in [0.3, 0.4) is 0 Å². The first-order valence-electron chi connectivity index (χ1n) is 9.43. The van der Waals surface area contributed by atoms with E-state index in [2.05, 4.69) is 4.90 Å². The van der Waals surface area contributed by atoms with E-state index in [0.29, 0.717) is 28.3 Å². The molecule has 1 aliphatic carbocycles. The van der Waals surface area contributed by atoms with Crippen LogP contribution in [0, 0.1) is 12.7 Å². The molecular weight excluding hydrogens is 401 g/mol. The van der Waals surface area contributed by atoms with E-state index in [0.717, 1.165) is 31.5 Å². The van der Waals surface area contributed by atoms with Crippen LogP contribution in [0.25, 0.3) is 0 Å². The van der Waals surface area contributed by atoms with E-state index in [-0.39, 0.29) is 22.9 Å². The van der Waals surface area contributed by atoms with E-state index in [1.165, 1.54) is 12.3 Å². The Hall–Kier alpha value is -1.63. The molecular formula is C21H23ClFNO3S. The molecule has 4 nitrogen and oxygen atoms in total. The third-order valence-electron chi connectivity index (χ3n) is 5.68. The molecule has 1 saturated heterocycles. The minimum atomic E-state index is -3.29. The number of rotatable bonds is 4. The van der Waals surface area contributed by atoms with Crippen LogP contribution in [0.1, 0.15) is 35.6 Å². The zero-order chi connectivity index (χ0) is 20.1. The summed E-state index contributed by atoms with van der Waals surface area (Å²) in [4.78, 5) is 2.65. The molecule has 7 heteroatoms. The summed E-state index contributed by atoms with van der Waals surface area (Å²) >= 11 is 6.12. The molecule has 0 N–H and O–H groups in total. The molecule has 2 aromatic rings. The molecule has 0 saturated carbocycles. The zero-order valence-corrected chi connectivity index (χ0v) is 17.5. The lowest BCUT2D eigenvalue weighted by Gasteiger charge is -2.30. The zero-order valence-electron chi connectivity index (χ0n) is 15.9. The van der Waals surface area contributed by atoms with E-state index < -0.39 is 9.84 Å². The summed E-state index contributed by atoms with van der Waals surface area (Å²) in [5.74, 6) is 0.286. The second kappa shape index (κ2) is 7.32. The van der Waals surface area contributed by atoms with Gasteiger partial charge in [-0.2, -0.15) is 0 Å². The van der Waals surface area contributed by atoms with E-state index in [1.807, 2.05) is 0 Å². The fourth-order valence-corrected chi connectivity index (χ4v) is 5.58. The van der Waals surface area contributed by atoms with Gasteiger partial charge in [0.25, 0.3) is 0 Å². The van der Waals surface area contributed by atoms with Crippen molar-refractivity contribution in [2.75, 3.05) is 19.3 Å². The molecule has 2 aromatic carbocycles. The smallest absolute Gasteiger partial charge is 0.175 e. The van der Waals surface area contributed by atoms with Crippen molar-refractivity contribution in [3.8, 4) is 5.75 Å². The third-order valence-corrected chi connectivity index (χ3v) is 7.16. The maximum atomic E-state index is 14.5. The summed E-state index contributed by atoms with van der Waals surface area (Å²) in [6.45, 7) is 3.69. The summed E-state index contributed by atoms with van der Waals surface area (Å²) in [5, 5.41) is 0.357. The van der Waals surface area contributed by atoms with Gasteiger partial charge in [-0.25, -0.2) is 12.8 Å². The van der Waals surface area contributed by atoms with Gasteiger partial charge >= 0.3 is 0 Å². The summed E-state index contributed by atoms with van der Waals surface area (Å²) in [5.41, 5.74) is 2.08. The van der Waals surface area contributed by atoms with Crippen molar-refractivity contribution in [2.24, 2.45) is 0 Å². The second-order valence-corrected chi connectivity index (χ2v) is 10.1. The Kier molecular flexibility index (Phi) is 5.14.